The molecule has 4 heterocycles. The van der Waals surface area contributed by atoms with Crippen LogP contribution < -0.4 is 5.73 Å². The van der Waals surface area contributed by atoms with Gasteiger partial charge in [0.1, 0.15) is 12.4 Å². The summed E-state index contributed by atoms with van der Waals surface area (Å²) in [5.41, 5.74) is 13.0. The van der Waals surface area contributed by atoms with E-state index < -0.39 is 0 Å². The lowest BCUT2D eigenvalue weighted by Gasteiger charge is -2.31. The number of carbonyl (C=O) groups excluding carboxylic acids is 1. The second kappa shape index (κ2) is 10.3. The van der Waals surface area contributed by atoms with Gasteiger partial charge in [-0.2, -0.15) is 0 Å². The number of imidazole rings is 1. The average molecular weight is 506 g/mol. The van der Waals surface area contributed by atoms with Crippen LogP contribution in [0.5, 0.6) is 0 Å². The van der Waals surface area contributed by atoms with E-state index in [2.05, 4.69) is 46.9 Å². The van der Waals surface area contributed by atoms with E-state index in [0.29, 0.717) is 11.6 Å². The molecule has 1 aliphatic rings. The maximum Gasteiger partial charge on any atom is 0.248 e. The summed E-state index contributed by atoms with van der Waals surface area (Å²) in [6, 6.07) is 24.6. The van der Waals surface area contributed by atoms with Gasteiger partial charge in [-0.3, -0.25) is 4.79 Å². The Morgan fingerprint density at radius 3 is 2.55 bits per heavy atom. The number of hydrogen-bond acceptors (Lipinski definition) is 5. The molecule has 0 atom stereocenters. The Balaban J connectivity index is 1.33. The number of methoxy groups -OCH3 is 1. The van der Waals surface area contributed by atoms with Crippen LogP contribution in [0.1, 0.15) is 18.7 Å². The summed E-state index contributed by atoms with van der Waals surface area (Å²) >= 11 is 0. The van der Waals surface area contributed by atoms with Crippen molar-refractivity contribution in [1.29, 1.82) is 0 Å². The van der Waals surface area contributed by atoms with Gasteiger partial charge in [0.2, 0.25) is 5.91 Å². The van der Waals surface area contributed by atoms with Gasteiger partial charge >= 0.3 is 0 Å². The Labute approximate surface area is 221 Å². The van der Waals surface area contributed by atoms with Gasteiger partial charge in [0.05, 0.1) is 28.1 Å². The Kier molecular flexibility index (Phi) is 6.52. The second-order valence-corrected chi connectivity index (χ2v) is 9.99. The van der Waals surface area contributed by atoms with Crippen LogP contribution in [0, 0.1) is 5.92 Å². The smallest absolute Gasteiger partial charge is 0.248 e. The van der Waals surface area contributed by atoms with E-state index in [-0.39, 0.29) is 12.5 Å². The van der Waals surface area contributed by atoms with Gasteiger partial charge in [-0.25, -0.2) is 9.97 Å². The number of nitrogens with zero attached hydrogens (tertiary/aromatic N) is 4. The number of likely N-dealkylation sites (tertiary alicyclic amines) is 1. The highest BCUT2D eigenvalue weighted by Crippen LogP contribution is 2.33. The van der Waals surface area contributed by atoms with Crippen LogP contribution >= 0.6 is 0 Å². The van der Waals surface area contributed by atoms with Crippen molar-refractivity contribution in [2.75, 3.05) is 32.5 Å². The van der Waals surface area contributed by atoms with E-state index in [4.69, 9.17) is 20.4 Å². The van der Waals surface area contributed by atoms with Crippen molar-refractivity contribution >= 4 is 28.0 Å². The third-order valence-electron chi connectivity index (χ3n) is 7.51. The molecule has 38 heavy (non-hydrogen) atoms. The fourth-order valence-electron chi connectivity index (χ4n) is 5.47. The summed E-state index contributed by atoms with van der Waals surface area (Å²) in [5.74, 6) is 1.51. The summed E-state index contributed by atoms with van der Waals surface area (Å²) in [6.07, 6.45) is 4.77. The molecule has 1 aliphatic heterocycles. The zero-order chi connectivity index (χ0) is 26.1. The number of piperidine rings is 1. The highest BCUT2D eigenvalue weighted by Gasteiger charge is 2.25. The lowest BCUT2D eigenvalue weighted by atomic mass is 9.93. The SMILES string of the molecule is COCC(=O)N1CCC(Cc2nc(-c3ccc4ccc(-c5ccccc5)nc4c3)c3c(N)cccn23)CC1. The second-order valence-electron chi connectivity index (χ2n) is 9.99. The van der Waals surface area contributed by atoms with Crippen LogP contribution in [-0.4, -0.2) is 52.0 Å². The molecule has 7 nitrogen and oxygen atoms in total. The van der Waals surface area contributed by atoms with Crippen LogP contribution in [0.4, 0.5) is 5.69 Å². The number of nitrogen functional groups attached to an aromatic ring is 1. The van der Waals surface area contributed by atoms with Crippen LogP contribution in [-0.2, 0) is 16.0 Å². The van der Waals surface area contributed by atoms with Crippen molar-refractivity contribution in [3.8, 4) is 22.5 Å². The Morgan fingerprint density at radius 1 is 0.974 bits per heavy atom. The fraction of sp³-hybridized carbons (Fsp3) is 0.258. The van der Waals surface area contributed by atoms with Crippen LogP contribution in [0.15, 0.2) is 79.0 Å². The first-order valence-corrected chi connectivity index (χ1v) is 13.1. The monoisotopic (exact) mass is 505 g/mol. The maximum atomic E-state index is 12.2. The Bertz CT molecular complexity index is 1600. The standard InChI is InChI=1S/C31H31N5O2/c1-38-20-29(37)35-16-13-21(14-17-35)18-28-34-30(31-25(32)8-5-15-36(28)31)24-10-9-23-11-12-26(33-27(23)19-24)22-6-3-2-4-7-22/h2-12,15,19,21H,13-14,16-18,20,32H2,1H3. The van der Waals surface area contributed by atoms with Gasteiger partial charge in [0.25, 0.3) is 0 Å². The molecule has 192 valence electrons. The zero-order valence-electron chi connectivity index (χ0n) is 21.5. The molecule has 1 amide bonds. The van der Waals surface area contributed by atoms with E-state index in [1.807, 2.05) is 41.4 Å². The van der Waals surface area contributed by atoms with Gasteiger partial charge in [-0.15, -0.1) is 0 Å². The van der Waals surface area contributed by atoms with Crippen LogP contribution in [0.25, 0.3) is 38.9 Å². The van der Waals surface area contributed by atoms with Crippen LogP contribution in [0.2, 0.25) is 0 Å². The number of rotatable bonds is 6. The number of fused-ring (bicyclic) bond motifs is 2. The molecule has 6 rings (SSSR count). The highest BCUT2D eigenvalue weighted by atomic mass is 16.5. The van der Waals surface area contributed by atoms with Crippen molar-refractivity contribution in [3.05, 3.63) is 84.8 Å². The number of nitrogens with two attached hydrogens (primary N) is 1. The number of ether oxygens (including phenoxy) is 1. The number of hydrogen-bond donors (Lipinski definition) is 1. The molecule has 5 aromatic rings. The molecule has 1 fully saturated rings. The predicted molar refractivity (Wildman–Crippen MR) is 151 cm³/mol. The molecular formula is C31H31N5O2. The van der Waals surface area contributed by atoms with E-state index in [1.54, 1.807) is 7.11 Å². The Morgan fingerprint density at radius 2 is 1.76 bits per heavy atom. The molecule has 0 bridgehead atoms. The molecule has 7 heteroatoms. The molecule has 0 spiro atoms. The number of carbonyl (C=O) groups is 1. The minimum absolute atomic E-state index is 0.0626. The normalized spacial score (nSPS) is 14.4. The lowest BCUT2D eigenvalue weighted by Crippen LogP contribution is -2.40. The van der Waals surface area contributed by atoms with Crippen molar-refractivity contribution in [3.63, 3.8) is 0 Å². The third-order valence-corrected chi connectivity index (χ3v) is 7.51. The number of anilines is 1. The maximum absolute atomic E-state index is 12.2. The molecule has 0 saturated carbocycles. The predicted octanol–water partition coefficient (Wildman–Crippen LogP) is 5.23. The molecular weight excluding hydrogens is 474 g/mol. The number of pyridine rings is 2. The fourth-order valence-corrected chi connectivity index (χ4v) is 5.47. The van der Waals surface area contributed by atoms with Crippen molar-refractivity contribution in [2.45, 2.75) is 19.3 Å². The number of aromatic nitrogens is 3. The minimum Gasteiger partial charge on any atom is -0.397 e. The first-order valence-electron chi connectivity index (χ1n) is 13.1. The van der Waals surface area contributed by atoms with Crippen molar-refractivity contribution in [2.24, 2.45) is 5.92 Å². The molecule has 0 radical (unpaired) electrons. The van der Waals surface area contributed by atoms with Crippen LogP contribution in [0.3, 0.4) is 0 Å². The van der Waals surface area contributed by atoms with E-state index in [1.165, 1.54) is 0 Å². The zero-order valence-corrected chi connectivity index (χ0v) is 21.5. The lowest BCUT2D eigenvalue weighted by molar-refractivity contribution is -0.136. The minimum atomic E-state index is 0.0626. The van der Waals surface area contributed by atoms with Gasteiger partial charge < -0.3 is 19.8 Å². The summed E-state index contributed by atoms with van der Waals surface area (Å²) in [5, 5.41) is 1.08. The van der Waals surface area contributed by atoms with Gasteiger partial charge in [0, 0.05) is 49.3 Å². The molecule has 2 aromatic carbocycles. The van der Waals surface area contributed by atoms with E-state index in [0.717, 1.165) is 77.1 Å². The highest BCUT2D eigenvalue weighted by molar-refractivity contribution is 5.92. The molecule has 2 N–H and O–H groups in total. The topological polar surface area (TPSA) is 85.8 Å². The quantitative estimate of drug-likeness (QED) is 0.342. The average Bonchev–Trinajstić information content (AvgIpc) is 3.33. The molecule has 3 aromatic heterocycles. The number of amides is 1. The van der Waals surface area contributed by atoms with Gasteiger partial charge in [-0.05, 0) is 43.0 Å². The van der Waals surface area contributed by atoms with E-state index in [9.17, 15) is 4.79 Å². The summed E-state index contributed by atoms with van der Waals surface area (Å²) < 4.78 is 7.15. The first-order chi connectivity index (χ1) is 18.6. The summed E-state index contributed by atoms with van der Waals surface area (Å²) in [4.78, 5) is 24.2. The van der Waals surface area contributed by atoms with Gasteiger partial charge in [-0.1, -0.05) is 48.5 Å². The number of benzene rings is 2. The largest absolute Gasteiger partial charge is 0.397 e. The third kappa shape index (κ3) is 4.61. The summed E-state index contributed by atoms with van der Waals surface area (Å²) in [6.45, 7) is 1.65. The molecule has 0 unspecified atom stereocenters. The Hall–Kier alpha value is -4.23. The van der Waals surface area contributed by atoms with E-state index >= 15 is 0 Å². The summed E-state index contributed by atoms with van der Waals surface area (Å²) in [7, 11) is 1.56. The van der Waals surface area contributed by atoms with Gasteiger partial charge in [0.15, 0.2) is 0 Å². The molecule has 0 aliphatic carbocycles. The van der Waals surface area contributed by atoms with Crippen molar-refractivity contribution < 1.29 is 9.53 Å². The first kappa shape index (κ1) is 24.1. The van der Waals surface area contributed by atoms with Crippen molar-refractivity contribution in [1.82, 2.24) is 19.3 Å². The molecule has 1 saturated heterocycles.